The molecule has 0 saturated heterocycles. The summed E-state index contributed by atoms with van der Waals surface area (Å²) in [4.78, 5) is 24.1. The summed E-state index contributed by atoms with van der Waals surface area (Å²) < 4.78 is 16.1. The summed E-state index contributed by atoms with van der Waals surface area (Å²) in [6.45, 7) is 2.07. The van der Waals surface area contributed by atoms with E-state index in [1.807, 2.05) is 0 Å². The molecule has 1 heterocycles. The van der Waals surface area contributed by atoms with Crippen molar-refractivity contribution < 1.29 is 14.3 Å². The molecule has 1 aromatic heterocycles. The van der Waals surface area contributed by atoms with Crippen molar-refractivity contribution in [1.82, 2.24) is 4.57 Å². The van der Waals surface area contributed by atoms with Crippen molar-refractivity contribution in [3.05, 3.63) is 56.2 Å². The largest absolute Gasteiger partial charge is 0.478 e. The average Bonchev–Trinajstić information content (AvgIpc) is 3.32. The molecule has 0 amide bonds. The fraction of sp³-hybridized carbons (Fsp3) is 0.294. The Kier molecular flexibility index (Phi) is 4.45. The van der Waals surface area contributed by atoms with Gasteiger partial charge in [0, 0.05) is 22.8 Å². The summed E-state index contributed by atoms with van der Waals surface area (Å²) >= 11 is 3.17. The summed E-state index contributed by atoms with van der Waals surface area (Å²) in [5, 5.41) is 12.3. The van der Waals surface area contributed by atoms with Crippen LogP contribution in [0, 0.1) is 18.7 Å². The van der Waals surface area contributed by atoms with Crippen molar-refractivity contribution in [2.24, 2.45) is 5.92 Å². The van der Waals surface area contributed by atoms with Crippen LogP contribution in [0.2, 0.25) is 0 Å². The van der Waals surface area contributed by atoms with Crippen molar-refractivity contribution in [1.29, 1.82) is 0 Å². The molecule has 0 radical (unpaired) electrons. The van der Waals surface area contributed by atoms with Crippen LogP contribution < -0.4 is 10.9 Å². The second kappa shape index (κ2) is 6.39. The van der Waals surface area contributed by atoms with Crippen LogP contribution in [-0.4, -0.2) is 15.6 Å². The predicted octanol–water partition coefficient (Wildman–Crippen LogP) is 3.91. The molecule has 0 spiro atoms. The zero-order chi connectivity index (χ0) is 17.4. The number of benzene rings is 1. The highest BCUT2D eigenvalue weighted by Crippen LogP contribution is 2.31. The van der Waals surface area contributed by atoms with Crippen LogP contribution in [0.15, 0.2) is 33.7 Å². The average molecular weight is 395 g/mol. The highest BCUT2D eigenvalue weighted by molar-refractivity contribution is 9.10. The summed E-state index contributed by atoms with van der Waals surface area (Å²) in [6.07, 6.45) is 3.45. The van der Waals surface area contributed by atoms with Crippen LogP contribution in [-0.2, 0) is 6.54 Å². The van der Waals surface area contributed by atoms with Crippen molar-refractivity contribution in [3.8, 4) is 0 Å². The third-order valence-electron chi connectivity index (χ3n) is 4.08. The third kappa shape index (κ3) is 3.36. The van der Waals surface area contributed by atoms with E-state index >= 15 is 0 Å². The van der Waals surface area contributed by atoms with Gasteiger partial charge < -0.3 is 15.0 Å². The Morgan fingerprint density at radius 1 is 1.46 bits per heavy atom. The van der Waals surface area contributed by atoms with E-state index in [0.717, 1.165) is 12.8 Å². The Balaban J connectivity index is 2.06. The van der Waals surface area contributed by atoms with E-state index in [9.17, 15) is 19.1 Å². The lowest BCUT2D eigenvalue weighted by Gasteiger charge is -2.16. The van der Waals surface area contributed by atoms with Gasteiger partial charge >= 0.3 is 5.97 Å². The van der Waals surface area contributed by atoms with Crippen LogP contribution in [0.1, 0.15) is 28.8 Å². The number of nitrogens with zero attached hydrogens (tertiary/aromatic N) is 1. The van der Waals surface area contributed by atoms with Gasteiger partial charge in [0.1, 0.15) is 5.82 Å². The van der Waals surface area contributed by atoms with Crippen molar-refractivity contribution in [3.63, 3.8) is 0 Å². The monoisotopic (exact) mass is 394 g/mol. The van der Waals surface area contributed by atoms with Gasteiger partial charge in [-0.2, -0.15) is 0 Å². The molecule has 3 rings (SSSR count). The molecule has 0 atom stereocenters. The van der Waals surface area contributed by atoms with Crippen molar-refractivity contribution >= 4 is 33.3 Å². The predicted molar refractivity (Wildman–Crippen MR) is 92.5 cm³/mol. The van der Waals surface area contributed by atoms with Gasteiger partial charge in [0.05, 0.1) is 16.9 Å². The number of hydrogen-bond donors (Lipinski definition) is 2. The molecule has 1 aliphatic carbocycles. The number of carboxylic acid groups (broad SMARTS) is 1. The number of rotatable bonds is 5. The van der Waals surface area contributed by atoms with Gasteiger partial charge in [-0.15, -0.1) is 0 Å². The molecule has 0 aliphatic heterocycles. The molecule has 2 N–H and O–H groups in total. The molecule has 0 bridgehead atoms. The number of carbonyl (C=O) groups is 1. The van der Waals surface area contributed by atoms with E-state index in [-0.39, 0.29) is 28.1 Å². The molecular formula is C17H16BrFN2O3. The van der Waals surface area contributed by atoms with Gasteiger partial charge in [-0.1, -0.05) is 15.9 Å². The SMILES string of the molecule is Cc1c(Nc2ccc(Br)cc2F)c(C(=O)O)cn(CC2CC2)c1=O. The van der Waals surface area contributed by atoms with E-state index in [4.69, 9.17) is 0 Å². The Hall–Kier alpha value is -2.15. The molecule has 7 heteroatoms. The molecule has 2 aromatic rings. The number of halogens is 2. The number of nitrogens with one attached hydrogen (secondary N) is 1. The third-order valence-corrected chi connectivity index (χ3v) is 4.58. The topological polar surface area (TPSA) is 71.3 Å². The number of hydrogen-bond acceptors (Lipinski definition) is 3. The maximum Gasteiger partial charge on any atom is 0.339 e. The molecule has 126 valence electrons. The van der Waals surface area contributed by atoms with E-state index in [1.54, 1.807) is 13.0 Å². The van der Waals surface area contributed by atoms with Gasteiger partial charge in [-0.05, 0) is 43.9 Å². The quantitative estimate of drug-likeness (QED) is 0.806. The molecular weight excluding hydrogens is 379 g/mol. The number of anilines is 2. The summed E-state index contributed by atoms with van der Waals surface area (Å²) in [7, 11) is 0. The summed E-state index contributed by atoms with van der Waals surface area (Å²) in [6, 6.07) is 4.39. The molecule has 1 fully saturated rings. The lowest BCUT2D eigenvalue weighted by molar-refractivity contribution is 0.0696. The first kappa shape index (κ1) is 16.7. The Labute approximate surface area is 146 Å². The van der Waals surface area contributed by atoms with E-state index in [1.165, 1.54) is 22.9 Å². The van der Waals surface area contributed by atoms with Gasteiger partial charge in [-0.25, -0.2) is 9.18 Å². The highest BCUT2D eigenvalue weighted by Gasteiger charge is 2.25. The standard InChI is InChI=1S/C17H16BrFN2O3/c1-9-15(20-14-5-4-11(18)6-13(14)19)12(17(23)24)8-21(16(9)22)7-10-2-3-10/h4-6,8,10,20H,2-3,7H2,1H3,(H,23,24). The number of pyridine rings is 1. The lowest BCUT2D eigenvalue weighted by atomic mass is 10.1. The minimum absolute atomic E-state index is 0.0462. The second-order valence-electron chi connectivity index (χ2n) is 6.00. The molecule has 1 aromatic carbocycles. The molecule has 1 saturated carbocycles. The Morgan fingerprint density at radius 3 is 2.75 bits per heavy atom. The molecule has 24 heavy (non-hydrogen) atoms. The fourth-order valence-electron chi connectivity index (χ4n) is 2.57. The summed E-state index contributed by atoms with van der Waals surface area (Å²) in [5.74, 6) is -1.27. The van der Waals surface area contributed by atoms with E-state index in [0.29, 0.717) is 16.9 Å². The van der Waals surface area contributed by atoms with Crippen LogP contribution in [0.5, 0.6) is 0 Å². The smallest absolute Gasteiger partial charge is 0.339 e. The van der Waals surface area contributed by atoms with Gasteiger partial charge in [0.15, 0.2) is 0 Å². The number of carboxylic acids is 1. The molecule has 0 unspecified atom stereocenters. The maximum absolute atomic E-state index is 14.0. The van der Waals surface area contributed by atoms with Gasteiger partial charge in [0.2, 0.25) is 0 Å². The fourth-order valence-corrected chi connectivity index (χ4v) is 2.90. The maximum atomic E-state index is 14.0. The zero-order valence-corrected chi connectivity index (χ0v) is 14.6. The summed E-state index contributed by atoms with van der Waals surface area (Å²) in [5.41, 5.74) is 0.198. The number of aromatic carboxylic acids is 1. The van der Waals surface area contributed by atoms with Crippen molar-refractivity contribution in [2.75, 3.05) is 5.32 Å². The van der Waals surface area contributed by atoms with Gasteiger partial charge in [-0.3, -0.25) is 4.79 Å². The first-order chi connectivity index (χ1) is 11.4. The van der Waals surface area contributed by atoms with Crippen LogP contribution in [0.4, 0.5) is 15.8 Å². The zero-order valence-electron chi connectivity index (χ0n) is 13.0. The highest BCUT2D eigenvalue weighted by atomic mass is 79.9. The first-order valence-corrected chi connectivity index (χ1v) is 8.35. The second-order valence-corrected chi connectivity index (χ2v) is 6.91. The van der Waals surface area contributed by atoms with Crippen LogP contribution >= 0.6 is 15.9 Å². The lowest BCUT2D eigenvalue weighted by Crippen LogP contribution is -2.26. The Bertz CT molecular complexity index is 875. The van der Waals surface area contributed by atoms with E-state index in [2.05, 4.69) is 21.2 Å². The van der Waals surface area contributed by atoms with Crippen LogP contribution in [0.25, 0.3) is 0 Å². The minimum Gasteiger partial charge on any atom is -0.478 e. The van der Waals surface area contributed by atoms with E-state index < -0.39 is 11.8 Å². The Morgan fingerprint density at radius 2 is 2.17 bits per heavy atom. The first-order valence-electron chi connectivity index (χ1n) is 7.56. The number of aromatic nitrogens is 1. The van der Waals surface area contributed by atoms with Gasteiger partial charge in [0.25, 0.3) is 5.56 Å². The molecule has 5 nitrogen and oxygen atoms in total. The van der Waals surface area contributed by atoms with Crippen molar-refractivity contribution in [2.45, 2.75) is 26.3 Å². The minimum atomic E-state index is -1.16. The normalized spacial score (nSPS) is 13.8. The molecule has 1 aliphatic rings. The van der Waals surface area contributed by atoms with Crippen LogP contribution in [0.3, 0.4) is 0 Å².